The lowest BCUT2D eigenvalue weighted by Crippen LogP contribution is -2.17. The van der Waals surface area contributed by atoms with E-state index in [4.69, 9.17) is 4.74 Å². The highest BCUT2D eigenvalue weighted by Gasteiger charge is 2.42. The molecular formula is C10H18O. The van der Waals surface area contributed by atoms with Crippen molar-refractivity contribution >= 4 is 0 Å². The molecule has 0 aromatic heterocycles. The number of rotatable bonds is 1. The van der Waals surface area contributed by atoms with E-state index in [1.807, 2.05) is 7.11 Å². The minimum absolute atomic E-state index is 0.602. The largest absolute Gasteiger partial charge is 0.381 e. The molecule has 2 aliphatic rings. The number of methoxy groups -OCH3 is 1. The molecule has 0 amide bonds. The summed E-state index contributed by atoms with van der Waals surface area (Å²) in [4.78, 5) is 0. The van der Waals surface area contributed by atoms with Gasteiger partial charge in [0.1, 0.15) is 0 Å². The smallest absolute Gasteiger partial charge is 0.0602 e. The molecule has 0 saturated heterocycles. The zero-order valence-corrected chi connectivity index (χ0v) is 7.55. The fourth-order valence-corrected chi connectivity index (χ4v) is 3.13. The van der Waals surface area contributed by atoms with Crippen LogP contribution in [0.15, 0.2) is 0 Å². The SMILES string of the molecule is COC1CCC2C1CC[C@@H]2C. The van der Waals surface area contributed by atoms with Crippen LogP contribution in [0.4, 0.5) is 0 Å². The molecule has 0 aromatic carbocycles. The first-order valence-electron chi connectivity index (χ1n) is 4.85. The van der Waals surface area contributed by atoms with Crippen molar-refractivity contribution in [3.63, 3.8) is 0 Å². The molecule has 2 aliphatic carbocycles. The Labute approximate surface area is 69.1 Å². The highest BCUT2D eigenvalue weighted by Crippen LogP contribution is 2.48. The summed E-state index contributed by atoms with van der Waals surface area (Å²) in [6.45, 7) is 2.41. The summed E-state index contributed by atoms with van der Waals surface area (Å²) in [6.07, 6.45) is 6.20. The molecule has 1 nitrogen and oxygen atoms in total. The minimum Gasteiger partial charge on any atom is -0.381 e. The monoisotopic (exact) mass is 154 g/mol. The minimum atomic E-state index is 0.602. The van der Waals surface area contributed by atoms with Crippen LogP contribution in [0.25, 0.3) is 0 Å². The Morgan fingerprint density at radius 3 is 2.45 bits per heavy atom. The molecule has 0 aliphatic heterocycles. The van der Waals surface area contributed by atoms with Crippen LogP contribution in [-0.4, -0.2) is 13.2 Å². The molecule has 2 rings (SSSR count). The van der Waals surface area contributed by atoms with Gasteiger partial charge in [0.05, 0.1) is 6.10 Å². The first-order chi connectivity index (χ1) is 5.33. The number of ether oxygens (including phenoxy) is 1. The van der Waals surface area contributed by atoms with Gasteiger partial charge in [0, 0.05) is 7.11 Å². The fourth-order valence-electron chi connectivity index (χ4n) is 3.13. The molecule has 0 spiro atoms. The van der Waals surface area contributed by atoms with Gasteiger partial charge in [-0.1, -0.05) is 13.3 Å². The van der Waals surface area contributed by atoms with Gasteiger partial charge in [0.25, 0.3) is 0 Å². The average molecular weight is 154 g/mol. The lowest BCUT2D eigenvalue weighted by atomic mass is 9.93. The van der Waals surface area contributed by atoms with E-state index in [0.29, 0.717) is 6.10 Å². The van der Waals surface area contributed by atoms with Gasteiger partial charge in [-0.3, -0.25) is 0 Å². The van der Waals surface area contributed by atoms with Crippen LogP contribution in [-0.2, 0) is 4.74 Å². The van der Waals surface area contributed by atoms with Crippen molar-refractivity contribution in [2.45, 2.75) is 38.7 Å². The molecular weight excluding hydrogens is 136 g/mol. The van der Waals surface area contributed by atoms with E-state index in [-0.39, 0.29) is 0 Å². The van der Waals surface area contributed by atoms with Crippen LogP contribution in [0.3, 0.4) is 0 Å². The van der Waals surface area contributed by atoms with Crippen molar-refractivity contribution in [3.8, 4) is 0 Å². The van der Waals surface area contributed by atoms with E-state index < -0.39 is 0 Å². The summed E-state index contributed by atoms with van der Waals surface area (Å²) in [5, 5.41) is 0. The fraction of sp³-hybridized carbons (Fsp3) is 1.00. The van der Waals surface area contributed by atoms with Crippen LogP contribution >= 0.6 is 0 Å². The Bertz CT molecular complexity index is 144. The quantitative estimate of drug-likeness (QED) is 0.563. The third-order valence-electron chi connectivity index (χ3n) is 3.80. The van der Waals surface area contributed by atoms with Gasteiger partial charge in [0.15, 0.2) is 0 Å². The van der Waals surface area contributed by atoms with Crippen molar-refractivity contribution in [1.82, 2.24) is 0 Å². The third kappa shape index (κ3) is 1.10. The van der Waals surface area contributed by atoms with Crippen molar-refractivity contribution in [2.75, 3.05) is 7.11 Å². The van der Waals surface area contributed by atoms with E-state index in [1.54, 1.807) is 0 Å². The Kier molecular flexibility index (Phi) is 1.92. The molecule has 3 unspecified atom stereocenters. The summed E-state index contributed by atoms with van der Waals surface area (Å²) < 4.78 is 5.47. The molecule has 0 aromatic rings. The van der Waals surface area contributed by atoms with Crippen molar-refractivity contribution in [3.05, 3.63) is 0 Å². The van der Waals surface area contributed by atoms with E-state index >= 15 is 0 Å². The molecule has 2 saturated carbocycles. The Hall–Kier alpha value is -0.0400. The zero-order valence-electron chi connectivity index (χ0n) is 7.55. The van der Waals surface area contributed by atoms with Gasteiger partial charge in [-0.15, -0.1) is 0 Å². The number of fused-ring (bicyclic) bond motifs is 1. The van der Waals surface area contributed by atoms with E-state index in [1.165, 1.54) is 25.7 Å². The maximum Gasteiger partial charge on any atom is 0.0602 e. The molecule has 11 heavy (non-hydrogen) atoms. The maximum atomic E-state index is 5.47. The lowest BCUT2D eigenvalue weighted by Gasteiger charge is -2.17. The van der Waals surface area contributed by atoms with Gasteiger partial charge >= 0.3 is 0 Å². The Morgan fingerprint density at radius 2 is 1.73 bits per heavy atom. The van der Waals surface area contributed by atoms with Gasteiger partial charge < -0.3 is 4.74 Å². The van der Waals surface area contributed by atoms with Crippen LogP contribution < -0.4 is 0 Å². The number of hydrogen-bond acceptors (Lipinski definition) is 1. The predicted octanol–water partition coefficient (Wildman–Crippen LogP) is 2.46. The van der Waals surface area contributed by atoms with Gasteiger partial charge in [-0.05, 0) is 37.0 Å². The van der Waals surface area contributed by atoms with Crippen molar-refractivity contribution < 1.29 is 4.74 Å². The van der Waals surface area contributed by atoms with Crippen molar-refractivity contribution in [2.24, 2.45) is 17.8 Å². The predicted molar refractivity (Wildman–Crippen MR) is 45.4 cm³/mol. The molecule has 0 radical (unpaired) electrons. The standard InChI is InChI=1S/C10H18O/c1-7-3-4-9-8(7)5-6-10(9)11-2/h7-10H,3-6H2,1-2H3/t7-,8?,9?,10?/m0/s1. The number of hydrogen-bond donors (Lipinski definition) is 0. The summed E-state index contributed by atoms with van der Waals surface area (Å²) in [5.41, 5.74) is 0. The van der Waals surface area contributed by atoms with Crippen molar-refractivity contribution in [1.29, 1.82) is 0 Å². The second-order valence-corrected chi connectivity index (χ2v) is 4.23. The van der Waals surface area contributed by atoms with Crippen LogP contribution in [0.2, 0.25) is 0 Å². The van der Waals surface area contributed by atoms with E-state index in [2.05, 4.69) is 6.92 Å². The molecule has 0 bridgehead atoms. The van der Waals surface area contributed by atoms with Crippen LogP contribution in [0.1, 0.15) is 32.6 Å². The van der Waals surface area contributed by atoms with Gasteiger partial charge in [0.2, 0.25) is 0 Å². The van der Waals surface area contributed by atoms with Gasteiger partial charge in [-0.25, -0.2) is 0 Å². The maximum absolute atomic E-state index is 5.47. The zero-order chi connectivity index (χ0) is 7.84. The summed E-state index contributed by atoms with van der Waals surface area (Å²) >= 11 is 0. The summed E-state index contributed by atoms with van der Waals surface area (Å²) in [5.74, 6) is 2.88. The Balaban J connectivity index is 2.04. The molecule has 64 valence electrons. The second-order valence-electron chi connectivity index (χ2n) is 4.23. The van der Waals surface area contributed by atoms with Crippen LogP contribution in [0, 0.1) is 17.8 Å². The summed E-state index contributed by atoms with van der Waals surface area (Å²) in [6, 6.07) is 0. The lowest BCUT2D eigenvalue weighted by molar-refractivity contribution is 0.0658. The molecule has 1 heteroatoms. The van der Waals surface area contributed by atoms with Crippen LogP contribution in [0.5, 0.6) is 0 Å². The molecule has 0 N–H and O–H groups in total. The summed E-state index contributed by atoms with van der Waals surface area (Å²) in [7, 11) is 1.87. The molecule has 4 atom stereocenters. The van der Waals surface area contributed by atoms with E-state index in [0.717, 1.165) is 17.8 Å². The Morgan fingerprint density at radius 1 is 1.00 bits per heavy atom. The highest BCUT2D eigenvalue weighted by atomic mass is 16.5. The van der Waals surface area contributed by atoms with Gasteiger partial charge in [-0.2, -0.15) is 0 Å². The molecule has 2 fully saturated rings. The average Bonchev–Trinajstić information content (AvgIpc) is 2.53. The first kappa shape index (κ1) is 7.60. The highest BCUT2D eigenvalue weighted by molar-refractivity contribution is 4.92. The topological polar surface area (TPSA) is 9.23 Å². The normalized spacial score (nSPS) is 49.6. The first-order valence-corrected chi connectivity index (χ1v) is 4.85. The van der Waals surface area contributed by atoms with E-state index in [9.17, 15) is 0 Å². The second kappa shape index (κ2) is 2.78. The molecule has 0 heterocycles. The third-order valence-corrected chi connectivity index (χ3v) is 3.80.